The fourth-order valence-electron chi connectivity index (χ4n) is 2.16. The molecule has 140 valence electrons. The summed E-state index contributed by atoms with van der Waals surface area (Å²) in [6.07, 6.45) is 1.20. The lowest BCUT2D eigenvalue weighted by atomic mass is 10.2. The number of nitrogens with one attached hydrogen (secondary N) is 1. The summed E-state index contributed by atoms with van der Waals surface area (Å²) in [5.41, 5.74) is -0.750. The Balaban J connectivity index is 1.99. The number of aromatic nitrogens is 2. The van der Waals surface area contributed by atoms with Gasteiger partial charge in [0.2, 0.25) is 0 Å². The predicted octanol–water partition coefficient (Wildman–Crippen LogP) is -0.254. The minimum Gasteiger partial charge on any atom is -0.352 e. The van der Waals surface area contributed by atoms with Gasteiger partial charge in [0, 0.05) is 6.20 Å². The third kappa shape index (κ3) is 5.91. The number of rotatable bonds is 7. The summed E-state index contributed by atoms with van der Waals surface area (Å²) in [6, 6.07) is 0. The zero-order valence-corrected chi connectivity index (χ0v) is 15.1. The summed E-state index contributed by atoms with van der Waals surface area (Å²) < 4.78 is 15.5. The molecule has 0 aromatic carbocycles. The summed E-state index contributed by atoms with van der Waals surface area (Å²) in [5.74, 6) is 0. The first kappa shape index (κ1) is 20.6. The molecule has 12 nitrogen and oxygen atoms in total. The molecule has 15 heteroatoms. The lowest BCUT2D eigenvalue weighted by Gasteiger charge is -2.16. The van der Waals surface area contributed by atoms with Gasteiger partial charge < -0.3 is 4.74 Å². The highest BCUT2D eigenvalue weighted by atomic mass is 32.1. The number of H-pyrrole nitrogens is 1. The molecule has 0 spiro atoms. The highest BCUT2D eigenvalue weighted by molar-refractivity contribution is 7.71. The van der Waals surface area contributed by atoms with Gasteiger partial charge in [-0.2, -0.15) is 24.5 Å². The Kier molecular flexibility index (Phi) is 6.52. The van der Waals surface area contributed by atoms with E-state index in [2.05, 4.69) is 13.8 Å². The molecule has 1 aliphatic rings. The minimum absolute atomic E-state index is 0.0482. The van der Waals surface area contributed by atoms with Crippen LogP contribution in [0.4, 0.5) is 0 Å². The van der Waals surface area contributed by atoms with Crippen LogP contribution in [0.2, 0.25) is 0 Å². The molecule has 1 aromatic rings. The number of nitrogens with zero attached hydrogens (tertiary/aromatic N) is 1. The average molecular weight is 418 g/mol. The second-order valence-electron chi connectivity index (χ2n) is 5.04. The van der Waals surface area contributed by atoms with Crippen LogP contribution in [0, 0.1) is 4.77 Å². The van der Waals surface area contributed by atoms with Gasteiger partial charge in [-0.15, -0.1) is 4.52 Å². The Morgan fingerprint density at radius 3 is 2.64 bits per heavy atom. The first-order chi connectivity index (χ1) is 11.5. The van der Waals surface area contributed by atoms with Gasteiger partial charge in [0.05, 0.1) is 16.0 Å². The second-order valence-corrected chi connectivity index (χ2v) is 8.35. The van der Waals surface area contributed by atoms with Crippen molar-refractivity contribution >= 4 is 34.8 Å². The number of hydrogen-bond donors (Lipinski definition) is 6. The lowest BCUT2D eigenvalue weighted by molar-refractivity contribution is -0.0266. The first-order valence-corrected chi connectivity index (χ1v) is 10.2. The van der Waals surface area contributed by atoms with Crippen LogP contribution in [-0.2, 0) is 13.6 Å². The van der Waals surface area contributed by atoms with E-state index in [9.17, 15) is 19.4 Å². The zero-order chi connectivity index (χ0) is 18.8. The number of hydrogen-bond acceptors (Lipinski definition) is 11. The largest absolute Gasteiger partial charge is 0.620 e. The van der Waals surface area contributed by atoms with Crippen LogP contribution in [-0.4, -0.2) is 53.0 Å². The van der Waals surface area contributed by atoms with Gasteiger partial charge in [0.15, 0.2) is 11.1 Å². The topological polar surface area (TPSA) is 184 Å². The Hall–Kier alpha value is -0.690. The number of ether oxygens (including phenoxy) is 1. The quantitative estimate of drug-likeness (QED) is 0.195. The first-order valence-electron chi connectivity index (χ1n) is 6.74. The maximum atomic E-state index is 11.5. The third-order valence-electron chi connectivity index (χ3n) is 3.16. The van der Waals surface area contributed by atoms with E-state index < -0.39 is 34.2 Å². The molecule has 0 aliphatic carbocycles. The van der Waals surface area contributed by atoms with E-state index in [1.807, 2.05) is 0 Å². The minimum atomic E-state index is -4.88. The molecule has 25 heavy (non-hydrogen) atoms. The van der Waals surface area contributed by atoms with Crippen LogP contribution >= 0.6 is 28.6 Å². The molecule has 1 aromatic heterocycles. The molecular weight excluding hydrogens is 402 g/mol. The van der Waals surface area contributed by atoms with Gasteiger partial charge in [-0.3, -0.25) is 19.1 Å². The molecule has 0 bridgehead atoms. The Bertz CT molecular complexity index is 744. The fourth-order valence-corrected chi connectivity index (χ4v) is 4.11. The van der Waals surface area contributed by atoms with Crippen LogP contribution in [0.1, 0.15) is 29.4 Å². The summed E-state index contributed by atoms with van der Waals surface area (Å²) in [5, 5.41) is 0. The normalized spacial score (nSPS) is 21.5. The molecule has 1 fully saturated rings. The predicted molar refractivity (Wildman–Crippen MR) is 86.4 cm³/mol. The zero-order valence-electron chi connectivity index (χ0n) is 12.5. The summed E-state index contributed by atoms with van der Waals surface area (Å²) >= 11 is 5.01. The van der Waals surface area contributed by atoms with Crippen LogP contribution in [0.3, 0.4) is 0 Å². The molecule has 2 atom stereocenters. The van der Waals surface area contributed by atoms with Crippen molar-refractivity contribution in [1.29, 1.82) is 0 Å². The molecule has 6 N–H and O–H groups in total. The number of aromatic amines is 1. The standard InChI is InChI=1S/C10H15N2O10P2S/c13-4-6-3-12(10(25)11-9(6)14)8-2-1-7(21-8)5-20-24(18,19)22-23(15,16)17/h3-4,7-8,15-19H,1-2,5H2/q+1/p+1. The molecule has 0 amide bonds. The summed E-state index contributed by atoms with van der Waals surface area (Å²) in [4.78, 5) is 69.3. The van der Waals surface area contributed by atoms with Crippen molar-refractivity contribution in [3.8, 4) is 0 Å². The molecule has 2 unspecified atom stereocenters. The fraction of sp³-hybridized carbons (Fsp3) is 0.500. The smallest absolute Gasteiger partial charge is 0.352 e. The van der Waals surface area contributed by atoms with E-state index in [4.69, 9.17) is 31.6 Å². The summed E-state index contributed by atoms with van der Waals surface area (Å²) in [6.45, 7) is -0.380. The van der Waals surface area contributed by atoms with Crippen molar-refractivity contribution in [2.45, 2.75) is 25.2 Å². The maximum absolute atomic E-state index is 11.5. The number of carbonyl (C=O) groups excluding carboxylic acids is 1. The Morgan fingerprint density at radius 1 is 1.36 bits per heavy atom. The van der Waals surface area contributed by atoms with Crippen molar-refractivity contribution in [3.63, 3.8) is 0 Å². The maximum Gasteiger partial charge on any atom is 0.620 e. The van der Waals surface area contributed by atoms with E-state index in [0.717, 1.165) is 0 Å². The molecule has 2 rings (SSSR count). The average Bonchev–Trinajstić information content (AvgIpc) is 2.92. The van der Waals surface area contributed by atoms with Gasteiger partial charge in [-0.1, -0.05) is 0 Å². The Morgan fingerprint density at radius 2 is 2.04 bits per heavy atom. The van der Waals surface area contributed by atoms with E-state index in [-0.39, 0.29) is 16.9 Å². The van der Waals surface area contributed by atoms with Crippen LogP contribution in [0.5, 0.6) is 0 Å². The van der Waals surface area contributed by atoms with Crippen LogP contribution in [0.15, 0.2) is 11.0 Å². The highest BCUT2D eigenvalue weighted by Crippen LogP contribution is 2.67. The molecule has 0 saturated carbocycles. The van der Waals surface area contributed by atoms with Crippen molar-refractivity contribution in [2.24, 2.45) is 0 Å². The molecule has 0 radical (unpaired) electrons. The number of carbonyl (C=O) groups is 1. The highest BCUT2D eigenvalue weighted by Gasteiger charge is 2.58. The summed E-state index contributed by atoms with van der Waals surface area (Å²) in [7, 11) is -9.52. The monoisotopic (exact) mass is 418 g/mol. The molecule has 1 saturated heterocycles. The van der Waals surface area contributed by atoms with Crippen molar-refractivity contribution in [2.75, 3.05) is 6.61 Å². The van der Waals surface area contributed by atoms with Gasteiger partial charge >= 0.3 is 16.3 Å². The van der Waals surface area contributed by atoms with E-state index in [1.165, 1.54) is 10.8 Å². The van der Waals surface area contributed by atoms with E-state index >= 15 is 0 Å². The second kappa shape index (κ2) is 7.91. The van der Waals surface area contributed by atoms with Gasteiger partial charge in [-0.05, 0) is 25.1 Å². The lowest BCUT2D eigenvalue weighted by Crippen LogP contribution is -2.22. The van der Waals surface area contributed by atoms with Crippen molar-refractivity contribution in [3.05, 3.63) is 26.9 Å². The van der Waals surface area contributed by atoms with E-state index in [1.54, 1.807) is 0 Å². The van der Waals surface area contributed by atoms with Crippen LogP contribution in [0.25, 0.3) is 0 Å². The van der Waals surface area contributed by atoms with Gasteiger partial charge in [0.1, 0.15) is 12.8 Å². The van der Waals surface area contributed by atoms with Crippen molar-refractivity contribution in [1.82, 2.24) is 9.55 Å². The SMILES string of the molecule is O=Cc1cn(C2CCC(CO[P+](O)(O)O[P+](O)(O)O)O2)c(=S)[nH]c1=O. The van der Waals surface area contributed by atoms with E-state index in [0.29, 0.717) is 19.1 Å². The number of aldehydes is 1. The van der Waals surface area contributed by atoms with Gasteiger partial charge in [0.25, 0.3) is 5.56 Å². The van der Waals surface area contributed by atoms with Gasteiger partial charge in [-0.25, -0.2) is 0 Å². The molecular formula is C10H16N2O10P2S+2. The van der Waals surface area contributed by atoms with Crippen molar-refractivity contribution < 1.29 is 42.8 Å². The Labute approximate surface area is 146 Å². The molecule has 2 heterocycles. The molecule has 1 aliphatic heterocycles. The third-order valence-corrected chi connectivity index (χ3v) is 5.69. The van der Waals surface area contributed by atoms with Crippen LogP contribution < -0.4 is 5.56 Å².